The van der Waals surface area contributed by atoms with Crippen LogP contribution < -0.4 is 5.32 Å². The molecule has 1 aliphatic rings. The summed E-state index contributed by atoms with van der Waals surface area (Å²) in [5.74, 6) is 0. The number of anilines is 1. The van der Waals surface area contributed by atoms with Crippen molar-refractivity contribution < 1.29 is 0 Å². The number of para-hydroxylation sites is 1. The SMILES string of the molecule is Cl[C@@H]1N=C(Nc2ccccc2)S[C@H]1Cl. The molecule has 1 aliphatic heterocycles. The van der Waals surface area contributed by atoms with Crippen LogP contribution in [0.1, 0.15) is 0 Å². The molecule has 2 nitrogen and oxygen atoms in total. The summed E-state index contributed by atoms with van der Waals surface area (Å²) in [5, 5.41) is 3.92. The Morgan fingerprint density at radius 2 is 1.93 bits per heavy atom. The van der Waals surface area contributed by atoms with E-state index in [1.807, 2.05) is 30.3 Å². The number of nitrogens with zero attached hydrogens (tertiary/aromatic N) is 1. The first-order chi connectivity index (χ1) is 6.75. The van der Waals surface area contributed by atoms with Crippen molar-refractivity contribution in [3.63, 3.8) is 0 Å². The van der Waals surface area contributed by atoms with Gasteiger partial charge in [-0.25, -0.2) is 4.99 Å². The molecule has 5 heteroatoms. The van der Waals surface area contributed by atoms with Gasteiger partial charge in [-0.3, -0.25) is 0 Å². The summed E-state index contributed by atoms with van der Waals surface area (Å²) in [6, 6.07) is 9.81. The summed E-state index contributed by atoms with van der Waals surface area (Å²) in [6.45, 7) is 0. The largest absolute Gasteiger partial charge is 0.335 e. The minimum absolute atomic E-state index is 0.178. The number of thioether (sulfide) groups is 1. The molecular weight excluding hydrogens is 239 g/mol. The van der Waals surface area contributed by atoms with E-state index in [0.717, 1.165) is 10.9 Å². The van der Waals surface area contributed by atoms with Crippen LogP contribution >= 0.6 is 35.0 Å². The second kappa shape index (κ2) is 4.43. The quantitative estimate of drug-likeness (QED) is 0.608. The molecule has 0 unspecified atom stereocenters. The molecule has 14 heavy (non-hydrogen) atoms. The summed E-state index contributed by atoms with van der Waals surface area (Å²) in [7, 11) is 0. The van der Waals surface area contributed by atoms with E-state index in [0.29, 0.717) is 0 Å². The van der Waals surface area contributed by atoms with Crippen LogP contribution in [0.3, 0.4) is 0 Å². The zero-order valence-corrected chi connectivity index (χ0v) is 9.48. The molecule has 0 aliphatic carbocycles. The molecule has 0 radical (unpaired) electrons. The van der Waals surface area contributed by atoms with Gasteiger partial charge < -0.3 is 5.32 Å². The molecule has 2 atom stereocenters. The van der Waals surface area contributed by atoms with Gasteiger partial charge in [-0.05, 0) is 12.1 Å². The fourth-order valence-electron chi connectivity index (χ4n) is 1.07. The first-order valence-electron chi connectivity index (χ1n) is 4.10. The number of aliphatic imine (C=N–C) groups is 1. The van der Waals surface area contributed by atoms with Gasteiger partial charge in [0, 0.05) is 5.69 Å². The van der Waals surface area contributed by atoms with Gasteiger partial charge in [0.05, 0.1) is 0 Å². The summed E-state index contributed by atoms with van der Waals surface area (Å²) < 4.78 is -0.178. The molecule has 0 spiro atoms. The van der Waals surface area contributed by atoms with Crippen molar-refractivity contribution in [2.45, 2.75) is 10.2 Å². The van der Waals surface area contributed by atoms with Gasteiger partial charge >= 0.3 is 0 Å². The molecule has 0 saturated heterocycles. The van der Waals surface area contributed by atoms with Crippen LogP contribution in [-0.2, 0) is 0 Å². The van der Waals surface area contributed by atoms with Crippen molar-refractivity contribution in [2.75, 3.05) is 5.32 Å². The van der Waals surface area contributed by atoms with E-state index in [2.05, 4.69) is 10.3 Å². The molecular formula is C9H8Cl2N2S. The lowest BCUT2D eigenvalue weighted by Crippen LogP contribution is -2.04. The Morgan fingerprint density at radius 1 is 1.21 bits per heavy atom. The van der Waals surface area contributed by atoms with Crippen molar-refractivity contribution in [3.8, 4) is 0 Å². The Labute approximate surface area is 96.7 Å². The second-order valence-electron chi connectivity index (χ2n) is 2.77. The Morgan fingerprint density at radius 3 is 2.50 bits per heavy atom. The highest BCUT2D eigenvalue weighted by molar-refractivity contribution is 8.16. The first-order valence-corrected chi connectivity index (χ1v) is 5.85. The predicted octanol–water partition coefficient (Wildman–Crippen LogP) is 3.33. The Bertz CT molecular complexity index is 342. The van der Waals surface area contributed by atoms with E-state index < -0.39 is 0 Å². The van der Waals surface area contributed by atoms with E-state index >= 15 is 0 Å². The van der Waals surface area contributed by atoms with Crippen LogP contribution in [0.4, 0.5) is 5.69 Å². The fraction of sp³-hybridized carbons (Fsp3) is 0.222. The molecule has 1 heterocycles. The van der Waals surface area contributed by atoms with E-state index in [-0.39, 0.29) is 10.2 Å². The van der Waals surface area contributed by atoms with Crippen LogP contribution in [0.2, 0.25) is 0 Å². The van der Waals surface area contributed by atoms with Crippen LogP contribution in [0.5, 0.6) is 0 Å². The maximum absolute atomic E-state index is 5.90. The third-order valence-electron chi connectivity index (χ3n) is 1.71. The summed E-state index contributed by atoms with van der Waals surface area (Å²) in [5.41, 5.74) is 0.654. The molecule has 0 saturated carbocycles. The van der Waals surface area contributed by atoms with Gasteiger partial charge in [-0.15, -0.1) is 11.6 Å². The number of rotatable bonds is 1. The van der Waals surface area contributed by atoms with Crippen molar-refractivity contribution in [1.29, 1.82) is 0 Å². The summed E-state index contributed by atoms with van der Waals surface area (Å²) in [6.07, 6.45) is 0. The van der Waals surface area contributed by atoms with Gasteiger partial charge in [-0.1, -0.05) is 41.6 Å². The van der Waals surface area contributed by atoms with Gasteiger partial charge in [0.2, 0.25) is 0 Å². The monoisotopic (exact) mass is 246 g/mol. The first kappa shape index (κ1) is 10.1. The molecule has 0 bridgehead atoms. The van der Waals surface area contributed by atoms with Crippen molar-refractivity contribution in [3.05, 3.63) is 30.3 Å². The normalized spacial score (nSPS) is 26.0. The van der Waals surface area contributed by atoms with Crippen molar-refractivity contribution in [2.24, 2.45) is 4.99 Å². The predicted molar refractivity (Wildman–Crippen MR) is 64.4 cm³/mol. The topological polar surface area (TPSA) is 24.4 Å². The molecule has 74 valence electrons. The maximum atomic E-state index is 5.90. The minimum atomic E-state index is -0.340. The van der Waals surface area contributed by atoms with Crippen LogP contribution in [-0.4, -0.2) is 15.4 Å². The Kier molecular flexibility index (Phi) is 3.21. The smallest absolute Gasteiger partial charge is 0.164 e. The van der Waals surface area contributed by atoms with Gasteiger partial charge in [0.1, 0.15) is 4.71 Å². The molecule has 0 fully saturated rings. The number of hydrogen-bond donors (Lipinski definition) is 1. The van der Waals surface area contributed by atoms with E-state index in [1.165, 1.54) is 11.8 Å². The van der Waals surface area contributed by atoms with Gasteiger partial charge in [-0.2, -0.15) is 0 Å². The minimum Gasteiger partial charge on any atom is -0.335 e. The number of nitrogens with one attached hydrogen (secondary N) is 1. The average Bonchev–Trinajstić information content (AvgIpc) is 2.47. The second-order valence-corrected chi connectivity index (χ2v) is 5.07. The van der Waals surface area contributed by atoms with Gasteiger partial charge in [0.15, 0.2) is 10.7 Å². The molecule has 0 amide bonds. The highest BCUT2D eigenvalue weighted by Crippen LogP contribution is 2.32. The highest BCUT2D eigenvalue weighted by atomic mass is 35.5. The van der Waals surface area contributed by atoms with Crippen molar-refractivity contribution in [1.82, 2.24) is 0 Å². The third kappa shape index (κ3) is 2.35. The lowest BCUT2D eigenvalue weighted by Gasteiger charge is -2.03. The summed E-state index contributed by atoms with van der Waals surface area (Å²) in [4.78, 5) is 4.17. The Balaban J connectivity index is 2.03. The molecule has 1 N–H and O–H groups in total. The lowest BCUT2D eigenvalue weighted by atomic mass is 10.3. The number of alkyl halides is 2. The molecule has 0 aromatic heterocycles. The standard InChI is InChI=1S/C9H8Cl2N2S/c10-7-8(11)14-9(13-7)12-6-4-2-1-3-5-6/h1-5,7-8H,(H,12,13)/t7-,8-/m1/s1. The fourth-order valence-corrected chi connectivity index (χ4v) is 2.43. The van der Waals surface area contributed by atoms with E-state index in [9.17, 15) is 0 Å². The lowest BCUT2D eigenvalue weighted by molar-refractivity contribution is 1.02. The number of amidine groups is 1. The van der Waals surface area contributed by atoms with E-state index in [1.54, 1.807) is 0 Å². The number of benzene rings is 1. The number of halogens is 2. The maximum Gasteiger partial charge on any atom is 0.164 e. The van der Waals surface area contributed by atoms with Crippen LogP contribution in [0.25, 0.3) is 0 Å². The molecule has 1 aromatic carbocycles. The summed E-state index contributed by atoms with van der Waals surface area (Å²) >= 11 is 13.2. The zero-order chi connectivity index (χ0) is 9.97. The van der Waals surface area contributed by atoms with Crippen LogP contribution in [0.15, 0.2) is 35.3 Å². The van der Waals surface area contributed by atoms with Gasteiger partial charge in [0.25, 0.3) is 0 Å². The molecule has 2 rings (SSSR count). The molecule has 1 aromatic rings. The average molecular weight is 247 g/mol. The highest BCUT2D eigenvalue weighted by Gasteiger charge is 2.26. The van der Waals surface area contributed by atoms with Crippen molar-refractivity contribution >= 4 is 45.8 Å². The number of hydrogen-bond acceptors (Lipinski definition) is 3. The van der Waals surface area contributed by atoms with E-state index in [4.69, 9.17) is 23.2 Å². The zero-order valence-electron chi connectivity index (χ0n) is 7.15. The third-order valence-corrected chi connectivity index (χ3v) is 3.75. The van der Waals surface area contributed by atoms with Crippen LogP contribution in [0, 0.1) is 0 Å². The Hall–Kier alpha value is -0.380.